The van der Waals surface area contributed by atoms with Crippen LogP contribution in [0.4, 0.5) is 0 Å². The fourth-order valence-electron chi connectivity index (χ4n) is 4.60. The first kappa shape index (κ1) is 32.3. The molecule has 0 radical (unpaired) electrons. The van der Waals surface area contributed by atoms with Crippen LogP contribution < -0.4 is 0 Å². The SMILES string of the molecule is C[Si](C)(C)OC[C@H]1O[C@H](OCCCI)[C@H](OCc2ccccc2)[C@@H](OCc2ccccc2)[C@@H]1OCc1ccccc1. The molecule has 1 saturated heterocycles. The van der Waals surface area contributed by atoms with E-state index in [1.54, 1.807) is 0 Å². The van der Waals surface area contributed by atoms with Crippen molar-refractivity contribution in [2.24, 2.45) is 0 Å². The van der Waals surface area contributed by atoms with Gasteiger partial charge in [-0.2, -0.15) is 0 Å². The van der Waals surface area contributed by atoms with E-state index in [1.807, 2.05) is 54.6 Å². The van der Waals surface area contributed by atoms with E-state index in [-0.39, 0.29) is 6.10 Å². The maximum absolute atomic E-state index is 6.71. The van der Waals surface area contributed by atoms with Crippen molar-refractivity contribution >= 4 is 30.9 Å². The highest BCUT2D eigenvalue weighted by atomic mass is 127. The molecule has 1 heterocycles. The summed E-state index contributed by atoms with van der Waals surface area (Å²) in [6, 6.07) is 30.5. The highest BCUT2D eigenvalue weighted by Crippen LogP contribution is 2.32. The lowest BCUT2D eigenvalue weighted by Crippen LogP contribution is -2.62. The molecule has 0 saturated carbocycles. The van der Waals surface area contributed by atoms with Gasteiger partial charge in [-0.25, -0.2) is 0 Å². The van der Waals surface area contributed by atoms with E-state index in [2.05, 4.69) is 78.6 Å². The number of rotatable bonds is 16. The zero-order chi connectivity index (χ0) is 28.9. The van der Waals surface area contributed by atoms with Gasteiger partial charge in [-0.05, 0) is 42.8 Å². The highest BCUT2D eigenvalue weighted by Gasteiger charge is 2.49. The van der Waals surface area contributed by atoms with Crippen LogP contribution in [0.5, 0.6) is 0 Å². The topological polar surface area (TPSA) is 55.4 Å². The van der Waals surface area contributed by atoms with Crippen LogP contribution in [0.2, 0.25) is 19.6 Å². The van der Waals surface area contributed by atoms with Crippen molar-refractivity contribution in [1.29, 1.82) is 0 Å². The number of ether oxygens (including phenoxy) is 5. The first-order valence-corrected chi connectivity index (χ1v) is 19.3. The van der Waals surface area contributed by atoms with Crippen molar-refractivity contribution in [1.82, 2.24) is 0 Å². The zero-order valence-electron chi connectivity index (χ0n) is 24.3. The lowest BCUT2D eigenvalue weighted by atomic mass is 9.98. The molecule has 0 spiro atoms. The van der Waals surface area contributed by atoms with Crippen molar-refractivity contribution in [3.05, 3.63) is 108 Å². The Kier molecular flexibility index (Phi) is 13.3. The smallest absolute Gasteiger partial charge is 0.186 e. The molecule has 41 heavy (non-hydrogen) atoms. The standard InChI is InChI=1S/C33H43IO6Si/c1-41(2,3)39-25-29-30(36-22-26-14-7-4-8-15-26)31(37-23-27-16-9-5-10-17-27)32(33(40-29)35-21-13-20-34)38-24-28-18-11-6-12-19-28/h4-12,14-19,29-33H,13,20-25H2,1-3H3/t29-,30-,31+,32-,33+/m1/s1. The molecule has 0 aliphatic carbocycles. The van der Waals surface area contributed by atoms with E-state index in [4.69, 9.17) is 28.1 Å². The third-order valence-corrected chi connectivity index (χ3v) is 8.48. The number of hydrogen-bond donors (Lipinski definition) is 0. The van der Waals surface area contributed by atoms with E-state index in [9.17, 15) is 0 Å². The minimum atomic E-state index is -1.83. The molecule has 0 unspecified atom stereocenters. The van der Waals surface area contributed by atoms with Crippen molar-refractivity contribution in [3.8, 4) is 0 Å². The van der Waals surface area contributed by atoms with Crippen molar-refractivity contribution in [2.75, 3.05) is 17.6 Å². The van der Waals surface area contributed by atoms with E-state index >= 15 is 0 Å². The molecule has 1 aliphatic heterocycles. The molecule has 3 aromatic carbocycles. The molecule has 222 valence electrons. The second-order valence-corrected chi connectivity index (χ2v) is 16.8. The third-order valence-electron chi connectivity index (χ3n) is 6.69. The van der Waals surface area contributed by atoms with E-state index in [0.717, 1.165) is 27.5 Å². The molecule has 0 aromatic heterocycles. The van der Waals surface area contributed by atoms with Crippen LogP contribution in [0.3, 0.4) is 0 Å². The molecular formula is C33H43IO6Si. The zero-order valence-corrected chi connectivity index (χ0v) is 27.5. The molecule has 0 amide bonds. The van der Waals surface area contributed by atoms with Gasteiger partial charge in [-0.3, -0.25) is 0 Å². The first-order valence-electron chi connectivity index (χ1n) is 14.4. The quantitative estimate of drug-likeness (QED) is 0.0689. The number of hydrogen-bond acceptors (Lipinski definition) is 6. The maximum atomic E-state index is 6.71. The molecule has 3 aromatic rings. The Bertz CT molecular complexity index is 1110. The summed E-state index contributed by atoms with van der Waals surface area (Å²) in [7, 11) is -1.83. The first-order chi connectivity index (χ1) is 19.9. The van der Waals surface area contributed by atoms with Crippen LogP contribution in [-0.4, -0.2) is 56.7 Å². The lowest BCUT2D eigenvalue weighted by molar-refractivity contribution is -0.326. The van der Waals surface area contributed by atoms with Crippen molar-refractivity contribution < 1.29 is 28.1 Å². The van der Waals surface area contributed by atoms with Crippen LogP contribution >= 0.6 is 22.6 Å². The Balaban J connectivity index is 1.64. The summed E-state index contributed by atoms with van der Waals surface area (Å²) in [5.74, 6) is 0. The third kappa shape index (κ3) is 10.9. The molecule has 4 rings (SSSR count). The van der Waals surface area contributed by atoms with E-state index in [0.29, 0.717) is 33.0 Å². The second kappa shape index (κ2) is 16.9. The van der Waals surface area contributed by atoms with Crippen molar-refractivity contribution in [2.45, 2.75) is 76.6 Å². The second-order valence-electron chi connectivity index (χ2n) is 11.2. The van der Waals surface area contributed by atoms with Gasteiger partial charge in [0, 0.05) is 4.43 Å². The largest absolute Gasteiger partial charge is 0.415 e. The Hall–Kier alpha value is -1.63. The maximum Gasteiger partial charge on any atom is 0.186 e. The average Bonchev–Trinajstić information content (AvgIpc) is 2.99. The van der Waals surface area contributed by atoms with E-state index < -0.39 is 32.9 Å². The van der Waals surface area contributed by atoms with Gasteiger partial charge in [0.25, 0.3) is 0 Å². The van der Waals surface area contributed by atoms with Gasteiger partial charge < -0.3 is 28.1 Å². The van der Waals surface area contributed by atoms with Gasteiger partial charge in [0.1, 0.15) is 24.4 Å². The minimum Gasteiger partial charge on any atom is -0.415 e. The summed E-state index contributed by atoms with van der Waals surface area (Å²) in [6.07, 6.45) is -1.46. The minimum absolute atomic E-state index is 0.382. The predicted octanol–water partition coefficient (Wildman–Crippen LogP) is 7.16. The van der Waals surface area contributed by atoms with Crippen LogP contribution in [0.1, 0.15) is 23.1 Å². The molecule has 8 heteroatoms. The van der Waals surface area contributed by atoms with Crippen LogP contribution in [0.15, 0.2) is 91.0 Å². The normalized spacial score (nSPS) is 23.0. The van der Waals surface area contributed by atoms with Crippen LogP contribution in [-0.2, 0) is 47.9 Å². The lowest BCUT2D eigenvalue weighted by Gasteiger charge is -2.46. The number of alkyl halides is 1. The van der Waals surface area contributed by atoms with Gasteiger partial charge >= 0.3 is 0 Å². The van der Waals surface area contributed by atoms with Crippen LogP contribution in [0.25, 0.3) is 0 Å². The summed E-state index contributed by atoms with van der Waals surface area (Å²) in [6.45, 7) is 8.77. The molecular weight excluding hydrogens is 647 g/mol. The summed E-state index contributed by atoms with van der Waals surface area (Å²) in [4.78, 5) is 0. The van der Waals surface area contributed by atoms with Gasteiger partial charge in [0.15, 0.2) is 14.6 Å². The molecule has 5 atom stereocenters. The van der Waals surface area contributed by atoms with Gasteiger partial charge in [0.05, 0.1) is 33.0 Å². The molecule has 6 nitrogen and oxygen atoms in total. The Morgan fingerprint density at radius 2 is 1.10 bits per heavy atom. The van der Waals surface area contributed by atoms with E-state index in [1.165, 1.54) is 0 Å². The van der Waals surface area contributed by atoms with Crippen LogP contribution in [0, 0.1) is 0 Å². The fraction of sp³-hybridized carbons (Fsp3) is 0.455. The Morgan fingerprint density at radius 3 is 1.56 bits per heavy atom. The fourth-order valence-corrected chi connectivity index (χ4v) is 5.58. The molecule has 1 aliphatic rings. The average molecular weight is 691 g/mol. The summed E-state index contributed by atoms with van der Waals surface area (Å²) < 4.78 is 40.4. The van der Waals surface area contributed by atoms with Gasteiger partial charge in [-0.1, -0.05) is 114 Å². The summed E-state index contributed by atoms with van der Waals surface area (Å²) >= 11 is 2.37. The van der Waals surface area contributed by atoms with Gasteiger partial charge in [-0.15, -0.1) is 0 Å². The van der Waals surface area contributed by atoms with Gasteiger partial charge in [0.2, 0.25) is 0 Å². The molecule has 0 bridgehead atoms. The summed E-state index contributed by atoms with van der Waals surface area (Å²) in [5.41, 5.74) is 3.24. The Labute approximate surface area is 259 Å². The Morgan fingerprint density at radius 1 is 0.634 bits per heavy atom. The highest BCUT2D eigenvalue weighted by molar-refractivity contribution is 14.1. The number of benzene rings is 3. The predicted molar refractivity (Wildman–Crippen MR) is 172 cm³/mol. The monoisotopic (exact) mass is 690 g/mol. The van der Waals surface area contributed by atoms with Crippen molar-refractivity contribution in [3.63, 3.8) is 0 Å². The molecule has 0 N–H and O–H groups in total. The summed E-state index contributed by atoms with van der Waals surface area (Å²) in [5, 5.41) is 0. The molecule has 1 fully saturated rings. The number of halogens is 1.